The molecule has 2 amide bonds. The van der Waals surface area contributed by atoms with Crippen LogP contribution in [0.25, 0.3) is 0 Å². The number of hydrogen-bond donors (Lipinski definition) is 0. The molecule has 0 spiro atoms. The van der Waals surface area contributed by atoms with Crippen LogP contribution in [0.15, 0.2) is 59.9 Å². The van der Waals surface area contributed by atoms with Crippen molar-refractivity contribution < 1.29 is 33.4 Å². The number of quaternary nitrogens is 1. The van der Waals surface area contributed by atoms with Crippen molar-refractivity contribution in [3.05, 3.63) is 71.3 Å². The van der Waals surface area contributed by atoms with Gasteiger partial charge in [0.1, 0.15) is 29.1 Å². The van der Waals surface area contributed by atoms with Gasteiger partial charge in [0.25, 0.3) is 6.09 Å². The number of nitrogens with zero attached hydrogens (tertiary/aromatic N) is 3. The number of hydrogen-bond acceptors (Lipinski definition) is 7. The van der Waals surface area contributed by atoms with Crippen LogP contribution in [0.4, 0.5) is 19.7 Å². The van der Waals surface area contributed by atoms with Crippen LogP contribution in [0.3, 0.4) is 0 Å². The van der Waals surface area contributed by atoms with Gasteiger partial charge in [-0.15, -0.1) is 0 Å². The van der Waals surface area contributed by atoms with Gasteiger partial charge in [-0.1, -0.05) is 11.6 Å². The van der Waals surface area contributed by atoms with E-state index in [2.05, 4.69) is 4.99 Å². The number of halogens is 2. The third-order valence-corrected chi connectivity index (χ3v) is 5.50. The summed E-state index contributed by atoms with van der Waals surface area (Å²) in [5, 5.41) is 12.2. The Morgan fingerprint density at radius 1 is 1.14 bits per heavy atom. The maximum absolute atomic E-state index is 13.2. The van der Waals surface area contributed by atoms with Gasteiger partial charge >= 0.3 is 12.1 Å². The predicted molar refractivity (Wildman–Crippen MR) is 130 cm³/mol. The summed E-state index contributed by atoms with van der Waals surface area (Å²) < 4.78 is 23.0. The Morgan fingerprint density at radius 3 is 2.39 bits per heavy atom. The second-order valence-corrected chi connectivity index (χ2v) is 9.40. The number of esters is 1. The lowest BCUT2D eigenvalue weighted by Crippen LogP contribution is -2.59. The number of benzene rings is 2. The Balaban J connectivity index is 1.75. The molecule has 2 aromatic rings. The summed E-state index contributed by atoms with van der Waals surface area (Å²) in [5.74, 6) is -1.06. The van der Waals surface area contributed by atoms with Crippen LogP contribution in [0.2, 0.25) is 5.02 Å². The van der Waals surface area contributed by atoms with E-state index in [1.54, 1.807) is 27.8 Å². The van der Waals surface area contributed by atoms with Gasteiger partial charge in [-0.25, -0.2) is 19.0 Å². The lowest BCUT2D eigenvalue weighted by molar-refractivity contribution is -0.257. The molecule has 0 saturated heterocycles. The summed E-state index contributed by atoms with van der Waals surface area (Å²) in [4.78, 5) is 42.5. The zero-order chi connectivity index (χ0) is 26.7. The topological polar surface area (TPSA) is 108 Å². The first-order chi connectivity index (χ1) is 16.8. The molecule has 0 N–H and O–H groups in total. The van der Waals surface area contributed by atoms with E-state index in [9.17, 15) is 23.9 Å². The average molecular weight is 518 g/mol. The number of carbonyl (C=O) groups excluding carboxylic acids is 3. The van der Waals surface area contributed by atoms with E-state index < -0.39 is 34.1 Å². The molecular weight excluding hydrogens is 493 g/mol. The van der Waals surface area contributed by atoms with Gasteiger partial charge in [0.2, 0.25) is 5.84 Å². The van der Waals surface area contributed by atoms with Gasteiger partial charge in [0.15, 0.2) is 0 Å². The van der Waals surface area contributed by atoms with Crippen LogP contribution in [0, 0.1) is 5.82 Å². The minimum atomic E-state index is -1.45. The molecule has 3 rings (SSSR count). The highest BCUT2D eigenvalue weighted by molar-refractivity contribution is 6.33. The highest BCUT2D eigenvalue weighted by Gasteiger charge is 2.41. The van der Waals surface area contributed by atoms with Crippen molar-refractivity contribution in [1.82, 2.24) is 9.38 Å². The van der Waals surface area contributed by atoms with E-state index in [-0.39, 0.29) is 40.8 Å². The van der Waals surface area contributed by atoms with E-state index in [0.29, 0.717) is 0 Å². The van der Waals surface area contributed by atoms with E-state index in [1.807, 2.05) is 0 Å². The maximum Gasteiger partial charge on any atom is 0.410 e. The Kier molecular flexibility index (Phi) is 7.80. The number of amides is 2. The first kappa shape index (κ1) is 26.8. The van der Waals surface area contributed by atoms with Gasteiger partial charge in [0, 0.05) is 25.7 Å². The van der Waals surface area contributed by atoms with Crippen LogP contribution >= 0.6 is 11.6 Å². The summed E-state index contributed by atoms with van der Waals surface area (Å²) in [6.45, 7) is 5.39. The molecule has 0 aliphatic carbocycles. The number of rotatable bonds is 6. The monoisotopic (exact) mass is 517 g/mol. The molecule has 190 valence electrons. The van der Waals surface area contributed by atoms with E-state index >= 15 is 0 Å². The van der Waals surface area contributed by atoms with Crippen molar-refractivity contribution >= 4 is 41.3 Å². The van der Waals surface area contributed by atoms with Gasteiger partial charge in [0.05, 0.1) is 23.2 Å². The maximum atomic E-state index is 13.2. The van der Waals surface area contributed by atoms with Crippen LogP contribution in [0.1, 0.15) is 37.6 Å². The van der Waals surface area contributed by atoms with Gasteiger partial charge < -0.3 is 24.3 Å². The van der Waals surface area contributed by atoms with Crippen molar-refractivity contribution in [2.45, 2.75) is 32.8 Å². The highest BCUT2D eigenvalue weighted by Crippen LogP contribution is 2.32. The molecule has 1 atom stereocenters. The minimum Gasteiger partial charge on any atom is -0.497 e. The Hall–Kier alpha value is -3.76. The molecular formula is C25H25ClFN3O6. The van der Waals surface area contributed by atoms with Crippen molar-refractivity contribution in [2.24, 2.45) is 4.99 Å². The van der Waals surface area contributed by atoms with Crippen LogP contribution in [0.5, 0.6) is 5.75 Å². The Bertz CT molecular complexity index is 1240. The molecule has 0 fully saturated rings. The molecule has 36 heavy (non-hydrogen) atoms. The molecule has 0 saturated carbocycles. The van der Waals surface area contributed by atoms with Crippen molar-refractivity contribution in [1.29, 1.82) is 0 Å². The number of carbonyl (C=O) groups is 3. The molecule has 9 nitrogen and oxygen atoms in total. The lowest BCUT2D eigenvalue weighted by Gasteiger charge is -2.32. The summed E-state index contributed by atoms with van der Waals surface area (Å²) in [6.07, 6.45) is 0.815. The van der Waals surface area contributed by atoms with Crippen LogP contribution in [-0.2, 0) is 4.74 Å². The van der Waals surface area contributed by atoms with Crippen molar-refractivity contribution in [3.63, 3.8) is 0 Å². The zero-order valence-corrected chi connectivity index (χ0v) is 20.9. The number of aliphatic imine (C=N–C) groups is 1. The minimum absolute atomic E-state index is 0.0219. The zero-order valence-electron chi connectivity index (χ0n) is 20.2. The van der Waals surface area contributed by atoms with E-state index in [0.717, 1.165) is 12.1 Å². The summed E-state index contributed by atoms with van der Waals surface area (Å²) in [7, 11) is 1.54. The van der Waals surface area contributed by atoms with E-state index in [1.165, 1.54) is 47.6 Å². The molecule has 1 aliphatic heterocycles. The smallest absolute Gasteiger partial charge is 0.410 e. The molecule has 11 heteroatoms. The van der Waals surface area contributed by atoms with Crippen LogP contribution in [-0.4, -0.2) is 48.1 Å². The van der Waals surface area contributed by atoms with Crippen LogP contribution < -0.4 is 14.3 Å². The van der Waals surface area contributed by atoms with E-state index in [4.69, 9.17) is 21.1 Å². The fourth-order valence-electron chi connectivity index (χ4n) is 3.41. The average Bonchev–Trinajstić information content (AvgIpc) is 3.21. The SMILES string of the molecule is CN(CCC1=NC=C[N+]1(C(=O)[O-])c1ccc(OC(=O)c2ccc(F)cc2Cl)cc1)C(=O)OC(C)(C)C. The normalized spacial score (nSPS) is 16.9. The second-order valence-electron chi connectivity index (χ2n) is 8.99. The highest BCUT2D eigenvalue weighted by atomic mass is 35.5. The third-order valence-electron chi connectivity index (χ3n) is 5.19. The molecule has 0 radical (unpaired) electrons. The number of carboxylic acid groups (broad SMARTS) is 1. The molecule has 1 aliphatic rings. The number of ether oxygens (including phenoxy) is 2. The van der Waals surface area contributed by atoms with Crippen molar-refractivity contribution in [3.8, 4) is 5.75 Å². The first-order valence-corrected chi connectivity index (χ1v) is 11.3. The quantitative estimate of drug-likeness (QED) is 0.317. The summed E-state index contributed by atoms with van der Waals surface area (Å²) in [6, 6.07) is 9.00. The largest absolute Gasteiger partial charge is 0.497 e. The summed E-state index contributed by atoms with van der Waals surface area (Å²) in [5.41, 5.74) is -0.427. The van der Waals surface area contributed by atoms with Gasteiger partial charge in [-0.05, 0) is 51.1 Å². The van der Waals surface area contributed by atoms with Crippen molar-refractivity contribution in [2.75, 3.05) is 13.6 Å². The first-order valence-electron chi connectivity index (χ1n) is 10.9. The third kappa shape index (κ3) is 5.89. The molecule has 0 bridgehead atoms. The fraction of sp³-hybridized carbons (Fsp3) is 0.280. The molecule has 1 heterocycles. The molecule has 2 aromatic carbocycles. The predicted octanol–water partition coefficient (Wildman–Crippen LogP) is 4.49. The number of amidine groups is 1. The molecule has 0 aromatic heterocycles. The molecule has 1 unspecified atom stereocenters. The van der Waals surface area contributed by atoms with Gasteiger partial charge in [-0.2, -0.15) is 4.48 Å². The summed E-state index contributed by atoms with van der Waals surface area (Å²) >= 11 is 5.91. The fourth-order valence-corrected chi connectivity index (χ4v) is 3.65. The Labute approximate surface area is 212 Å². The standard InChI is InChI=1S/C25H25ClFN3O6/c1-25(2,3)36-23(32)29(4)13-11-21-28-12-14-30(21,24(33)34)17-6-8-18(9-7-17)35-22(31)19-10-5-16(27)15-20(19)26/h5-10,12,14-15H,11,13H2,1-4H3. The Morgan fingerprint density at radius 2 is 1.81 bits per heavy atom. The second kappa shape index (κ2) is 10.5. The van der Waals surface area contributed by atoms with Gasteiger partial charge in [-0.3, -0.25) is 0 Å². The lowest BCUT2D eigenvalue weighted by atomic mass is 10.2.